The van der Waals surface area contributed by atoms with Gasteiger partial charge < -0.3 is 34.9 Å². The van der Waals surface area contributed by atoms with Crippen molar-refractivity contribution in [2.45, 2.75) is 78.6 Å². The van der Waals surface area contributed by atoms with E-state index in [2.05, 4.69) is 77.7 Å². The molecule has 14 heteroatoms. The van der Waals surface area contributed by atoms with Crippen LogP contribution >= 0.6 is 0 Å². The summed E-state index contributed by atoms with van der Waals surface area (Å²) >= 11 is 0. The number of benzene rings is 3. The summed E-state index contributed by atoms with van der Waals surface area (Å²) in [6, 6.07) is 19.0. The van der Waals surface area contributed by atoms with Crippen LogP contribution in [0.4, 0.5) is 9.59 Å². The average molecular weight is 817 g/mol. The lowest BCUT2D eigenvalue weighted by atomic mass is 9.98. The fourth-order valence-corrected chi connectivity index (χ4v) is 8.89. The molecule has 6 atom stereocenters. The highest BCUT2D eigenvalue weighted by Crippen LogP contribution is 2.38. The molecule has 7 rings (SSSR count). The van der Waals surface area contributed by atoms with Crippen LogP contribution in [0.5, 0.6) is 0 Å². The predicted molar refractivity (Wildman–Crippen MR) is 230 cm³/mol. The SMILES string of the molecule is COC(=O)N[C@H](C(=O)N1C[C@H](C)C[C@H]1c1nc(-c2ccc3cc(-c4ccc(-c5c[nH]c([C@@H]6C[C@@H](C)CN6C(=O)[C@H](C(C)C)N(C)C(=O)O)n5)cc4)ccc3c2)c[nH]1)C(C)C. The summed E-state index contributed by atoms with van der Waals surface area (Å²) in [5, 5.41) is 14.5. The number of likely N-dealkylation sites (tertiary alicyclic amines) is 2. The van der Waals surface area contributed by atoms with E-state index >= 15 is 0 Å². The number of alkyl carbamates (subject to hydrolysis) is 1. The van der Waals surface area contributed by atoms with E-state index in [4.69, 9.17) is 14.7 Å². The van der Waals surface area contributed by atoms with Crippen LogP contribution in [0.15, 0.2) is 73.1 Å². The Balaban J connectivity index is 1.05. The van der Waals surface area contributed by atoms with Crippen LogP contribution in [0.2, 0.25) is 0 Å². The van der Waals surface area contributed by atoms with E-state index in [0.717, 1.165) is 68.0 Å². The van der Waals surface area contributed by atoms with Gasteiger partial charge in [0.25, 0.3) is 0 Å². The minimum Gasteiger partial charge on any atom is -0.465 e. The number of ether oxygens (including phenoxy) is 1. The van der Waals surface area contributed by atoms with Gasteiger partial charge in [0.15, 0.2) is 0 Å². The summed E-state index contributed by atoms with van der Waals surface area (Å²) in [5.74, 6) is 1.30. The Hall–Kier alpha value is -6.18. The standard InChI is InChI=1S/C46H56N8O6/c1-25(2)39(51-45(57)60-8)43(55)53-23-27(5)17-37(53)41-48-22-36(50-41)34-16-15-32-19-31(13-14-33(32)20-34)29-9-11-30(12-10-29)35-21-47-42(49-35)38-18-28(6)24-54(38)44(56)40(26(3)4)52(7)46(58)59/h9-16,19-22,25-28,37-40H,17-18,23-24H2,1-8H3,(H,47,49)(H,48,50)(H,51,57)(H,58,59)/t27-,28-,37+,38+,39+,40+/m1/s1. The van der Waals surface area contributed by atoms with Gasteiger partial charge in [-0.1, -0.05) is 90.1 Å². The molecule has 316 valence electrons. The molecule has 4 amide bonds. The molecular weight excluding hydrogens is 761 g/mol. The Bertz CT molecular complexity index is 2370. The summed E-state index contributed by atoms with van der Waals surface area (Å²) in [6.45, 7) is 12.9. The lowest BCUT2D eigenvalue weighted by molar-refractivity contribution is -0.138. The van der Waals surface area contributed by atoms with Gasteiger partial charge in [0.1, 0.15) is 23.7 Å². The van der Waals surface area contributed by atoms with E-state index in [1.807, 2.05) is 57.1 Å². The monoisotopic (exact) mass is 816 g/mol. The maximum Gasteiger partial charge on any atom is 0.407 e. The molecule has 2 aliphatic heterocycles. The fourth-order valence-electron chi connectivity index (χ4n) is 8.89. The third kappa shape index (κ3) is 8.45. The van der Waals surface area contributed by atoms with Crippen molar-refractivity contribution < 1.29 is 29.0 Å². The summed E-state index contributed by atoms with van der Waals surface area (Å²) in [6.07, 6.45) is 3.51. The second-order valence-corrected chi connectivity index (χ2v) is 17.3. The first-order chi connectivity index (χ1) is 28.6. The average Bonchev–Trinajstić information content (AvgIpc) is 4.06. The number of carbonyl (C=O) groups excluding carboxylic acids is 3. The summed E-state index contributed by atoms with van der Waals surface area (Å²) in [5.41, 5.74) is 5.61. The van der Waals surface area contributed by atoms with Gasteiger partial charge in [0, 0.05) is 43.7 Å². The van der Waals surface area contributed by atoms with Crippen molar-refractivity contribution in [3.05, 3.63) is 84.7 Å². The zero-order valence-corrected chi connectivity index (χ0v) is 35.6. The van der Waals surface area contributed by atoms with E-state index in [1.54, 1.807) is 4.90 Å². The van der Waals surface area contributed by atoms with Crippen molar-refractivity contribution in [2.75, 3.05) is 27.2 Å². The number of carbonyl (C=O) groups is 4. The number of likely N-dealkylation sites (N-methyl/N-ethyl adjacent to an activating group) is 1. The maximum absolute atomic E-state index is 13.8. The summed E-state index contributed by atoms with van der Waals surface area (Å²) in [4.78, 5) is 72.7. The smallest absolute Gasteiger partial charge is 0.407 e. The van der Waals surface area contributed by atoms with Crippen LogP contribution in [-0.4, -0.2) is 103 Å². The molecule has 60 heavy (non-hydrogen) atoms. The first kappa shape index (κ1) is 42.0. The number of fused-ring (bicyclic) bond motifs is 1. The zero-order valence-electron chi connectivity index (χ0n) is 35.6. The molecular formula is C46H56N8O6. The van der Waals surface area contributed by atoms with E-state index in [0.29, 0.717) is 18.9 Å². The molecule has 2 saturated heterocycles. The van der Waals surface area contributed by atoms with Gasteiger partial charge in [-0.2, -0.15) is 0 Å². The van der Waals surface area contributed by atoms with Crippen molar-refractivity contribution in [3.63, 3.8) is 0 Å². The highest BCUT2D eigenvalue weighted by Gasteiger charge is 2.42. The Kier molecular flexibility index (Phi) is 12.0. The largest absolute Gasteiger partial charge is 0.465 e. The number of methoxy groups -OCH3 is 1. The lowest BCUT2D eigenvalue weighted by Crippen LogP contribution is -2.51. The number of aromatic amines is 2. The number of aromatic nitrogens is 4. The zero-order chi connectivity index (χ0) is 43.0. The highest BCUT2D eigenvalue weighted by atomic mass is 16.5. The first-order valence-electron chi connectivity index (χ1n) is 20.8. The number of nitrogens with zero attached hydrogens (tertiary/aromatic N) is 5. The molecule has 0 bridgehead atoms. The minimum atomic E-state index is -1.13. The number of hydrogen-bond donors (Lipinski definition) is 4. The molecule has 2 aromatic heterocycles. The molecule has 4 N–H and O–H groups in total. The Morgan fingerprint density at radius 1 is 0.733 bits per heavy atom. The van der Waals surface area contributed by atoms with Gasteiger partial charge in [-0.15, -0.1) is 0 Å². The molecule has 0 unspecified atom stereocenters. The van der Waals surface area contributed by atoms with Crippen molar-refractivity contribution in [1.29, 1.82) is 0 Å². The molecule has 3 aromatic carbocycles. The van der Waals surface area contributed by atoms with Gasteiger partial charge in [0.2, 0.25) is 11.8 Å². The third-order valence-corrected chi connectivity index (χ3v) is 12.1. The molecule has 0 spiro atoms. The maximum atomic E-state index is 13.8. The number of nitrogens with one attached hydrogen (secondary N) is 3. The van der Waals surface area contributed by atoms with E-state index in [1.165, 1.54) is 14.2 Å². The number of carboxylic acid groups (broad SMARTS) is 1. The molecule has 14 nitrogen and oxygen atoms in total. The van der Waals surface area contributed by atoms with Crippen LogP contribution in [0.1, 0.15) is 78.1 Å². The quantitative estimate of drug-likeness (QED) is 0.103. The molecule has 4 heterocycles. The van der Waals surface area contributed by atoms with Crippen molar-refractivity contribution in [3.8, 4) is 33.6 Å². The Morgan fingerprint density at radius 2 is 1.22 bits per heavy atom. The number of imidazole rings is 2. The number of rotatable bonds is 11. The molecule has 0 aliphatic carbocycles. The van der Waals surface area contributed by atoms with E-state index in [9.17, 15) is 24.3 Å². The van der Waals surface area contributed by atoms with Gasteiger partial charge in [0.05, 0.1) is 30.6 Å². The number of hydrogen-bond acceptors (Lipinski definition) is 7. The van der Waals surface area contributed by atoms with Gasteiger partial charge in [-0.3, -0.25) is 14.5 Å². The second kappa shape index (κ2) is 17.2. The Morgan fingerprint density at radius 3 is 1.73 bits per heavy atom. The number of amides is 4. The molecule has 5 aromatic rings. The van der Waals surface area contributed by atoms with E-state index in [-0.39, 0.29) is 47.6 Å². The first-order valence-corrected chi connectivity index (χ1v) is 20.8. The van der Waals surface area contributed by atoms with Crippen molar-refractivity contribution >= 4 is 34.8 Å². The van der Waals surface area contributed by atoms with Crippen LogP contribution in [-0.2, 0) is 14.3 Å². The van der Waals surface area contributed by atoms with Crippen LogP contribution in [0.25, 0.3) is 44.4 Å². The second-order valence-electron chi connectivity index (χ2n) is 17.3. The lowest BCUT2D eigenvalue weighted by Gasteiger charge is -2.33. The molecule has 0 saturated carbocycles. The van der Waals surface area contributed by atoms with Crippen LogP contribution in [0.3, 0.4) is 0 Å². The Labute approximate surface area is 350 Å². The highest BCUT2D eigenvalue weighted by molar-refractivity contribution is 5.91. The minimum absolute atomic E-state index is 0.117. The third-order valence-electron chi connectivity index (χ3n) is 12.1. The number of H-pyrrole nitrogens is 2. The molecule has 2 aliphatic rings. The summed E-state index contributed by atoms with van der Waals surface area (Å²) < 4.78 is 4.79. The molecule has 2 fully saturated rings. The molecule has 0 radical (unpaired) electrons. The normalized spacial score (nSPS) is 20.2. The predicted octanol–water partition coefficient (Wildman–Crippen LogP) is 8.12. The van der Waals surface area contributed by atoms with E-state index < -0.39 is 24.3 Å². The summed E-state index contributed by atoms with van der Waals surface area (Å²) in [7, 11) is 2.75. The van der Waals surface area contributed by atoms with Crippen LogP contribution in [0, 0.1) is 23.7 Å². The van der Waals surface area contributed by atoms with Gasteiger partial charge in [-0.25, -0.2) is 19.6 Å². The van der Waals surface area contributed by atoms with Gasteiger partial charge in [-0.05, 0) is 70.5 Å². The van der Waals surface area contributed by atoms with Crippen molar-refractivity contribution in [2.24, 2.45) is 23.7 Å². The van der Waals surface area contributed by atoms with Crippen LogP contribution < -0.4 is 5.32 Å². The topological polar surface area (TPSA) is 177 Å². The fraction of sp³-hybridized carbons (Fsp3) is 0.435. The van der Waals surface area contributed by atoms with Crippen molar-refractivity contribution in [1.82, 2.24) is 40.0 Å². The van der Waals surface area contributed by atoms with Gasteiger partial charge >= 0.3 is 12.2 Å².